The summed E-state index contributed by atoms with van der Waals surface area (Å²) in [7, 11) is 0. The molecule has 0 unspecified atom stereocenters. The molecule has 0 radical (unpaired) electrons. The number of piperazine rings is 1. The van der Waals surface area contributed by atoms with Crippen LogP contribution in [0, 0.1) is 5.82 Å². The van der Waals surface area contributed by atoms with Gasteiger partial charge in [0.05, 0.1) is 11.5 Å². The van der Waals surface area contributed by atoms with E-state index in [-0.39, 0.29) is 23.9 Å². The third-order valence-corrected chi connectivity index (χ3v) is 6.07. The van der Waals surface area contributed by atoms with Crippen LogP contribution in [-0.2, 0) is 10.2 Å². The maximum atomic E-state index is 13.2. The molecule has 2 aliphatic carbocycles. The minimum Gasteiger partial charge on any atom is -0.391 e. The average Bonchev–Trinajstić information content (AvgIpc) is 3.30. The molecule has 0 bridgehead atoms. The quantitative estimate of drug-likeness (QED) is 0.920. The van der Waals surface area contributed by atoms with Crippen LogP contribution in [0.1, 0.15) is 37.7 Å². The number of carbonyl (C=O) groups excluding carboxylic acids is 1. The first-order chi connectivity index (χ1) is 11.6. The Labute approximate surface area is 142 Å². The first kappa shape index (κ1) is 16.0. The van der Waals surface area contributed by atoms with Gasteiger partial charge in [0.1, 0.15) is 5.82 Å². The van der Waals surface area contributed by atoms with Gasteiger partial charge in [-0.05, 0) is 49.8 Å². The number of nitrogens with zero attached hydrogens (tertiary/aromatic N) is 2. The summed E-state index contributed by atoms with van der Waals surface area (Å²) < 4.78 is 13.2. The zero-order valence-corrected chi connectivity index (χ0v) is 14.0. The van der Waals surface area contributed by atoms with Gasteiger partial charge >= 0.3 is 0 Å². The van der Waals surface area contributed by atoms with Gasteiger partial charge in [-0.2, -0.15) is 0 Å². The zero-order chi connectivity index (χ0) is 16.7. The normalized spacial score (nSPS) is 29.7. The highest BCUT2D eigenvalue weighted by atomic mass is 19.1. The van der Waals surface area contributed by atoms with Crippen molar-refractivity contribution in [3.63, 3.8) is 0 Å². The minimum absolute atomic E-state index is 0.195. The van der Waals surface area contributed by atoms with Crippen molar-refractivity contribution in [3.8, 4) is 0 Å². The highest BCUT2D eigenvalue weighted by molar-refractivity contribution is 5.91. The van der Waals surface area contributed by atoms with E-state index in [1.165, 1.54) is 12.1 Å². The van der Waals surface area contributed by atoms with Crippen LogP contribution in [0.25, 0.3) is 0 Å². The summed E-state index contributed by atoms with van der Waals surface area (Å²) >= 11 is 0. The molecule has 1 heterocycles. The Morgan fingerprint density at radius 2 is 1.75 bits per heavy atom. The van der Waals surface area contributed by atoms with Gasteiger partial charge in [0.15, 0.2) is 0 Å². The molecular formula is C19H25FN2O2. The van der Waals surface area contributed by atoms with Crippen molar-refractivity contribution in [2.24, 2.45) is 0 Å². The van der Waals surface area contributed by atoms with Gasteiger partial charge in [-0.1, -0.05) is 12.1 Å². The van der Waals surface area contributed by atoms with Crippen LogP contribution >= 0.6 is 0 Å². The molecule has 2 atom stereocenters. The fourth-order valence-electron chi connectivity index (χ4n) is 4.43. The van der Waals surface area contributed by atoms with Crippen LogP contribution in [0.5, 0.6) is 0 Å². The Morgan fingerprint density at radius 1 is 1.08 bits per heavy atom. The summed E-state index contributed by atoms with van der Waals surface area (Å²) in [5, 5.41) is 10.1. The van der Waals surface area contributed by atoms with Crippen LogP contribution in [0.15, 0.2) is 24.3 Å². The third kappa shape index (κ3) is 2.74. The van der Waals surface area contributed by atoms with Gasteiger partial charge in [0, 0.05) is 32.2 Å². The van der Waals surface area contributed by atoms with Gasteiger partial charge < -0.3 is 10.0 Å². The number of hydrogen-bond acceptors (Lipinski definition) is 3. The zero-order valence-electron chi connectivity index (χ0n) is 14.0. The summed E-state index contributed by atoms with van der Waals surface area (Å²) in [6.45, 7) is 3.13. The van der Waals surface area contributed by atoms with Crippen molar-refractivity contribution in [3.05, 3.63) is 35.6 Å². The van der Waals surface area contributed by atoms with E-state index in [0.29, 0.717) is 0 Å². The van der Waals surface area contributed by atoms with Crippen LogP contribution in [-0.4, -0.2) is 59.1 Å². The van der Waals surface area contributed by atoms with Crippen molar-refractivity contribution in [1.29, 1.82) is 0 Å². The monoisotopic (exact) mass is 332 g/mol. The molecule has 4 rings (SSSR count). The van der Waals surface area contributed by atoms with Gasteiger partial charge in [-0.15, -0.1) is 0 Å². The highest BCUT2D eigenvalue weighted by Crippen LogP contribution is 2.49. The van der Waals surface area contributed by atoms with Crippen molar-refractivity contribution < 1.29 is 14.3 Å². The van der Waals surface area contributed by atoms with E-state index in [9.17, 15) is 14.3 Å². The molecule has 4 nitrogen and oxygen atoms in total. The van der Waals surface area contributed by atoms with Crippen molar-refractivity contribution in [1.82, 2.24) is 9.80 Å². The number of halogens is 1. The molecule has 1 saturated heterocycles. The summed E-state index contributed by atoms with van der Waals surface area (Å²) in [4.78, 5) is 17.3. The lowest BCUT2D eigenvalue weighted by Crippen LogP contribution is -2.55. The second kappa shape index (κ2) is 6.12. The fourth-order valence-corrected chi connectivity index (χ4v) is 4.43. The molecule has 24 heavy (non-hydrogen) atoms. The standard InChI is InChI=1S/C19H25FN2O2/c20-15-6-4-14(5-7-15)19(8-9-19)18(24)22-12-10-21(11-13-22)16-2-1-3-17(16)23/h4-7,16-17,23H,1-3,8-13H2/t16-,17+/m1/s1. The molecule has 130 valence electrons. The van der Waals surface area contributed by atoms with Gasteiger partial charge in [0.2, 0.25) is 5.91 Å². The van der Waals surface area contributed by atoms with E-state index in [1.807, 2.05) is 4.90 Å². The lowest BCUT2D eigenvalue weighted by molar-refractivity contribution is -0.136. The summed E-state index contributed by atoms with van der Waals surface area (Å²) in [5.74, 6) is -0.0635. The number of benzene rings is 1. The SMILES string of the molecule is O=C(N1CCN([C@@H]2CCC[C@@H]2O)CC1)C1(c2ccc(F)cc2)CC1. The Balaban J connectivity index is 1.40. The van der Waals surface area contributed by atoms with E-state index >= 15 is 0 Å². The van der Waals surface area contributed by atoms with E-state index in [4.69, 9.17) is 0 Å². The van der Waals surface area contributed by atoms with E-state index in [2.05, 4.69) is 4.90 Å². The van der Waals surface area contributed by atoms with Crippen LogP contribution in [0.2, 0.25) is 0 Å². The van der Waals surface area contributed by atoms with E-state index in [0.717, 1.165) is 63.8 Å². The topological polar surface area (TPSA) is 43.8 Å². The molecule has 5 heteroatoms. The second-order valence-corrected chi connectivity index (χ2v) is 7.48. The number of hydrogen-bond donors (Lipinski definition) is 1. The number of amides is 1. The number of aliphatic hydroxyl groups excluding tert-OH is 1. The number of rotatable bonds is 3. The van der Waals surface area contributed by atoms with Crippen LogP contribution in [0.3, 0.4) is 0 Å². The molecule has 3 aliphatic rings. The Morgan fingerprint density at radius 3 is 2.29 bits per heavy atom. The number of aliphatic hydroxyl groups is 1. The Kier molecular flexibility index (Phi) is 4.09. The molecule has 2 saturated carbocycles. The smallest absolute Gasteiger partial charge is 0.233 e. The predicted octanol–water partition coefficient (Wildman–Crippen LogP) is 1.91. The molecule has 1 aliphatic heterocycles. The lowest BCUT2D eigenvalue weighted by Gasteiger charge is -2.40. The first-order valence-electron chi connectivity index (χ1n) is 9.08. The van der Waals surface area contributed by atoms with E-state index < -0.39 is 5.41 Å². The molecule has 1 amide bonds. The van der Waals surface area contributed by atoms with Crippen LogP contribution < -0.4 is 0 Å². The van der Waals surface area contributed by atoms with Crippen LogP contribution in [0.4, 0.5) is 4.39 Å². The van der Waals surface area contributed by atoms with Gasteiger partial charge in [0.25, 0.3) is 0 Å². The van der Waals surface area contributed by atoms with Crippen molar-refractivity contribution in [2.45, 2.75) is 49.7 Å². The summed E-state index contributed by atoms with van der Waals surface area (Å²) in [6.07, 6.45) is 4.57. The molecule has 1 aromatic carbocycles. The molecule has 0 aromatic heterocycles. The largest absolute Gasteiger partial charge is 0.391 e. The Hall–Kier alpha value is -1.46. The maximum absolute atomic E-state index is 13.2. The molecular weight excluding hydrogens is 307 g/mol. The first-order valence-corrected chi connectivity index (χ1v) is 9.08. The van der Waals surface area contributed by atoms with Gasteiger partial charge in [-0.3, -0.25) is 9.69 Å². The lowest BCUT2D eigenvalue weighted by atomic mass is 9.94. The highest BCUT2D eigenvalue weighted by Gasteiger charge is 2.53. The maximum Gasteiger partial charge on any atom is 0.233 e. The summed E-state index contributed by atoms with van der Waals surface area (Å²) in [6, 6.07) is 6.68. The minimum atomic E-state index is -0.414. The van der Waals surface area contributed by atoms with Gasteiger partial charge in [-0.25, -0.2) is 4.39 Å². The fraction of sp³-hybridized carbons (Fsp3) is 0.632. The molecule has 1 N–H and O–H groups in total. The Bertz CT molecular complexity index is 606. The summed E-state index contributed by atoms with van der Waals surface area (Å²) in [5.41, 5.74) is 0.533. The average molecular weight is 332 g/mol. The van der Waals surface area contributed by atoms with Crippen molar-refractivity contribution >= 4 is 5.91 Å². The molecule has 3 fully saturated rings. The number of carbonyl (C=O) groups is 1. The predicted molar refractivity (Wildman–Crippen MR) is 89.1 cm³/mol. The van der Waals surface area contributed by atoms with Crippen molar-refractivity contribution in [2.75, 3.05) is 26.2 Å². The molecule has 1 aromatic rings. The molecule has 0 spiro atoms. The third-order valence-electron chi connectivity index (χ3n) is 6.07. The van der Waals surface area contributed by atoms with E-state index in [1.54, 1.807) is 12.1 Å². The second-order valence-electron chi connectivity index (χ2n) is 7.48.